The smallest absolute Gasteiger partial charge is 0.278 e. The lowest BCUT2D eigenvalue weighted by molar-refractivity contribution is -0.135. The first-order chi connectivity index (χ1) is 18.4. The standard InChI is InChI=1S/C27H20N6O5/c1-14-29-22-16(27(37)33(14)20-11-12-21(34)32-25(20)35)6-4-8-18(22)31-26(36)23-24(38-13-28-23)19-10-9-15-5-2-3-7-17(15)30-19/h2-10,13,20H,11-12H2,1H3,(H,31,36)(H,32,34,35). The first-order valence-corrected chi connectivity index (χ1v) is 11.9. The molecule has 1 aliphatic rings. The largest absolute Gasteiger partial charge is 0.441 e. The predicted molar refractivity (Wildman–Crippen MR) is 137 cm³/mol. The van der Waals surface area contributed by atoms with Crippen LogP contribution in [0.5, 0.6) is 0 Å². The highest BCUT2D eigenvalue weighted by Crippen LogP contribution is 2.27. The Balaban J connectivity index is 1.35. The number of carbonyl (C=O) groups excluding carboxylic acids is 3. The van der Waals surface area contributed by atoms with Crippen LogP contribution in [0.3, 0.4) is 0 Å². The Kier molecular flexibility index (Phi) is 5.52. The van der Waals surface area contributed by atoms with Gasteiger partial charge in [0, 0.05) is 11.8 Å². The predicted octanol–water partition coefficient (Wildman–Crippen LogP) is 3.14. The molecule has 11 heteroatoms. The number of aromatic nitrogens is 4. The van der Waals surface area contributed by atoms with Crippen LogP contribution < -0.4 is 16.2 Å². The molecular weight excluding hydrogens is 488 g/mol. The van der Waals surface area contributed by atoms with E-state index in [1.807, 2.05) is 30.3 Å². The van der Waals surface area contributed by atoms with E-state index in [0.717, 1.165) is 10.9 Å². The third-order valence-corrected chi connectivity index (χ3v) is 6.49. The van der Waals surface area contributed by atoms with Gasteiger partial charge in [-0.15, -0.1) is 0 Å². The molecule has 2 aromatic carbocycles. The minimum absolute atomic E-state index is 0.0263. The van der Waals surface area contributed by atoms with Crippen molar-refractivity contribution in [1.29, 1.82) is 0 Å². The second kappa shape index (κ2) is 9.04. The maximum atomic E-state index is 13.4. The van der Waals surface area contributed by atoms with E-state index in [-0.39, 0.29) is 46.9 Å². The zero-order chi connectivity index (χ0) is 26.4. The molecule has 3 aromatic heterocycles. The molecule has 1 fully saturated rings. The number of para-hydroxylation sites is 2. The van der Waals surface area contributed by atoms with Gasteiger partial charge in [0.25, 0.3) is 11.5 Å². The van der Waals surface area contributed by atoms with Gasteiger partial charge in [-0.05, 0) is 37.6 Å². The molecular formula is C27H20N6O5. The summed E-state index contributed by atoms with van der Waals surface area (Å²) in [4.78, 5) is 63.9. The van der Waals surface area contributed by atoms with Gasteiger partial charge >= 0.3 is 0 Å². The Morgan fingerprint density at radius 1 is 1.05 bits per heavy atom. The molecule has 2 N–H and O–H groups in total. The van der Waals surface area contributed by atoms with E-state index >= 15 is 0 Å². The minimum Gasteiger partial charge on any atom is -0.441 e. The van der Waals surface area contributed by atoms with Crippen molar-refractivity contribution < 1.29 is 18.8 Å². The molecule has 188 valence electrons. The molecule has 5 aromatic rings. The Labute approximate surface area is 214 Å². The van der Waals surface area contributed by atoms with Crippen molar-refractivity contribution in [3.8, 4) is 11.5 Å². The molecule has 1 unspecified atom stereocenters. The van der Waals surface area contributed by atoms with E-state index in [4.69, 9.17) is 4.42 Å². The third-order valence-electron chi connectivity index (χ3n) is 6.49. The summed E-state index contributed by atoms with van der Waals surface area (Å²) < 4.78 is 6.81. The number of piperidine rings is 1. The van der Waals surface area contributed by atoms with Gasteiger partial charge in [0.05, 0.1) is 16.6 Å². The summed E-state index contributed by atoms with van der Waals surface area (Å²) in [5, 5.41) is 6.21. The average Bonchev–Trinajstić information content (AvgIpc) is 3.40. The first kappa shape index (κ1) is 23.2. The van der Waals surface area contributed by atoms with Gasteiger partial charge in [-0.25, -0.2) is 15.0 Å². The van der Waals surface area contributed by atoms with Crippen LogP contribution in [-0.4, -0.2) is 37.2 Å². The van der Waals surface area contributed by atoms with Crippen molar-refractivity contribution in [3.05, 3.63) is 82.9 Å². The number of hydrogen-bond donors (Lipinski definition) is 2. The van der Waals surface area contributed by atoms with Crippen LogP contribution in [0.25, 0.3) is 33.3 Å². The summed E-state index contributed by atoms with van der Waals surface area (Å²) in [5.74, 6) is -0.997. The second-order valence-electron chi connectivity index (χ2n) is 8.88. The molecule has 1 saturated heterocycles. The number of nitrogens with zero attached hydrogens (tertiary/aromatic N) is 4. The normalized spacial score (nSPS) is 15.6. The molecule has 1 atom stereocenters. The van der Waals surface area contributed by atoms with Gasteiger partial charge in [0.2, 0.25) is 11.8 Å². The Hall–Kier alpha value is -5.19. The number of rotatable bonds is 4. The van der Waals surface area contributed by atoms with Crippen molar-refractivity contribution in [1.82, 2.24) is 24.8 Å². The number of carbonyl (C=O) groups is 3. The van der Waals surface area contributed by atoms with Crippen LogP contribution in [0, 0.1) is 6.92 Å². The molecule has 0 saturated carbocycles. The number of fused-ring (bicyclic) bond motifs is 2. The Bertz CT molecular complexity index is 1840. The molecule has 0 radical (unpaired) electrons. The fourth-order valence-electron chi connectivity index (χ4n) is 4.69. The summed E-state index contributed by atoms with van der Waals surface area (Å²) in [5.41, 5.74) is 1.34. The fourth-order valence-corrected chi connectivity index (χ4v) is 4.69. The minimum atomic E-state index is -0.845. The van der Waals surface area contributed by atoms with E-state index in [9.17, 15) is 19.2 Å². The van der Waals surface area contributed by atoms with Crippen LogP contribution in [0.4, 0.5) is 5.69 Å². The van der Waals surface area contributed by atoms with Crippen LogP contribution in [0.15, 0.2) is 70.2 Å². The highest BCUT2D eigenvalue weighted by Gasteiger charge is 2.31. The number of pyridine rings is 1. The number of amides is 3. The Morgan fingerprint density at radius 3 is 2.74 bits per heavy atom. The zero-order valence-electron chi connectivity index (χ0n) is 20.1. The number of imide groups is 1. The number of oxazole rings is 1. The summed E-state index contributed by atoms with van der Waals surface area (Å²) in [6.07, 6.45) is 1.50. The molecule has 0 aliphatic carbocycles. The van der Waals surface area contributed by atoms with Gasteiger partial charge in [-0.1, -0.05) is 30.3 Å². The first-order valence-electron chi connectivity index (χ1n) is 11.9. The highest BCUT2D eigenvalue weighted by atomic mass is 16.3. The van der Waals surface area contributed by atoms with Crippen LogP contribution in [0.2, 0.25) is 0 Å². The zero-order valence-corrected chi connectivity index (χ0v) is 20.1. The summed E-state index contributed by atoms with van der Waals surface area (Å²) in [7, 11) is 0. The van der Waals surface area contributed by atoms with Crippen molar-refractivity contribution in [3.63, 3.8) is 0 Å². The van der Waals surface area contributed by atoms with E-state index in [1.165, 1.54) is 11.0 Å². The topological polar surface area (TPSA) is 149 Å². The fraction of sp³-hybridized carbons (Fsp3) is 0.148. The summed E-state index contributed by atoms with van der Waals surface area (Å²) in [6, 6.07) is 15.2. The molecule has 1 aliphatic heterocycles. The lowest BCUT2D eigenvalue weighted by Crippen LogP contribution is -2.45. The monoisotopic (exact) mass is 508 g/mol. The van der Waals surface area contributed by atoms with Crippen molar-refractivity contribution in [2.45, 2.75) is 25.8 Å². The number of anilines is 1. The van der Waals surface area contributed by atoms with Crippen molar-refractivity contribution >= 4 is 45.2 Å². The molecule has 0 spiro atoms. The summed E-state index contributed by atoms with van der Waals surface area (Å²) >= 11 is 0. The van der Waals surface area contributed by atoms with Gasteiger partial charge < -0.3 is 9.73 Å². The quantitative estimate of drug-likeness (QED) is 0.352. The van der Waals surface area contributed by atoms with E-state index in [2.05, 4.69) is 25.6 Å². The number of hydrogen-bond acceptors (Lipinski definition) is 8. The number of benzene rings is 2. The second-order valence-corrected chi connectivity index (χ2v) is 8.88. The molecule has 3 amide bonds. The van der Waals surface area contributed by atoms with E-state index < -0.39 is 23.4 Å². The van der Waals surface area contributed by atoms with Gasteiger partial charge in [0.1, 0.15) is 23.1 Å². The summed E-state index contributed by atoms with van der Waals surface area (Å²) in [6.45, 7) is 1.60. The van der Waals surface area contributed by atoms with Gasteiger partial charge in [-0.2, -0.15) is 0 Å². The van der Waals surface area contributed by atoms with Crippen LogP contribution in [0.1, 0.15) is 35.2 Å². The molecule has 38 heavy (non-hydrogen) atoms. The van der Waals surface area contributed by atoms with Gasteiger partial charge in [0.15, 0.2) is 17.8 Å². The average molecular weight is 508 g/mol. The molecule has 6 rings (SSSR count). The van der Waals surface area contributed by atoms with Gasteiger partial charge in [-0.3, -0.25) is 29.1 Å². The third kappa shape index (κ3) is 3.90. The van der Waals surface area contributed by atoms with Crippen LogP contribution >= 0.6 is 0 Å². The number of aryl methyl sites for hydroxylation is 1. The maximum absolute atomic E-state index is 13.4. The van der Waals surface area contributed by atoms with Crippen molar-refractivity contribution in [2.24, 2.45) is 0 Å². The van der Waals surface area contributed by atoms with Crippen LogP contribution in [-0.2, 0) is 9.59 Å². The Morgan fingerprint density at radius 2 is 1.89 bits per heavy atom. The van der Waals surface area contributed by atoms with E-state index in [0.29, 0.717) is 11.4 Å². The maximum Gasteiger partial charge on any atom is 0.278 e. The number of nitrogens with one attached hydrogen (secondary N) is 2. The molecule has 4 heterocycles. The molecule has 0 bridgehead atoms. The lowest BCUT2D eigenvalue weighted by Gasteiger charge is -2.24. The SMILES string of the molecule is Cc1nc2c(NC(=O)c3ncoc3-c3ccc4ccccc4n3)cccc2c(=O)n1C1CCC(=O)NC1=O. The molecule has 11 nitrogen and oxygen atoms in total. The van der Waals surface area contributed by atoms with Crippen molar-refractivity contribution in [2.75, 3.05) is 5.32 Å². The highest BCUT2D eigenvalue weighted by molar-refractivity contribution is 6.09. The van der Waals surface area contributed by atoms with E-state index in [1.54, 1.807) is 31.2 Å². The lowest BCUT2D eigenvalue weighted by atomic mass is 10.1.